The zero-order valence-corrected chi connectivity index (χ0v) is 9.94. The van der Waals surface area contributed by atoms with Crippen molar-refractivity contribution in [2.75, 3.05) is 11.6 Å². The van der Waals surface area contributed by atoms with Gasteiger partial charge in [-0.05, 0) is 11.4 Å². The smallest absolute Gasteiger partial charge is 0.226 e. The van der Waals surface area contributed by atoms with E-state index in [1.807, 2.05) is 11.4 Å². The van der Waals surface area contributed by atoms with E-state index >= 15 is 0 Å². The largest absolute Gasteiger partial charge is 0.248 e. The van der Waals surface area contributed by atoms with Gasteiger partial charge in [0.05, 0.1) is 5.75 Å². The predicted molar refractivity (Wildman–Crippen MR) is 60.2 cm³/mol. The highest BCUT2D eigenvalue weighted by Crippen LogP contribution is 2.18. The zero-order chi connectivity index (χ0) is 10.9. The van der Waals surface area contributed by atoms with Crippen LogP contribution in [0.15, 0.2) is 22.8 Å². The van der Waals surface area contributed by atoms with Crippen LogP contribution >= 0.6 is 22.9 Å². The van der Waals surface area contributed by atoms with Crippen molar-refractivity contribution in [3.8, 4) is 0 Å². The summed E-state index contributed by atoms with van der Waals surface area (Å²) in [5.41, 5.74) is 0. The molecule has 2 aromatic heterocycles. The summed E-state index contributed by atoms with van der Waals surface area (Å²) in [5.74, 6) is -0.0837. The summed E-state index contributed by atoms with van der Waals surface area (Å²) in [6.45, 7) is 0. The lowest BCUT2D eigenvalue weighted by Gasteiger charge is -1.99. The summed E-state index contributed by atoms with van der Waals surface area (Å²) in [4.78, 5) is 8.48. The van der Waals surface area contributed by atoms with Crippen LogP contribution in [0.3, 0.4) is 0 Å². The molecule has 0 aliphatic carbocycles. The standard InChI is InChI=1S/C8H7ClN2O2S2/c9-2-4-15(12,13)8-10-5-6-1-3-14-7(6)11-8/h1,3,5H,2,4H2. The van der Waals surface area contributed by atoms with E-state index in [0.717, 1.165) is 5.39 Å². The van der Waals surface area contributed by atoms with Gasteiger partial charge in [0.1, 0.15) is 4.83 Å². The lowest BCUT2D eigenvalue weighted by molar-refractivity contribution is 0.589. The molecule has 4 nitrogen and oxygen atoms in total. The van der Waals surface area contributed by atoms with Gasteiger partial charge in [0.25, 0.3) is 0 Å². The van der Waals surface area contributed by atoms with Gasteiger partial charge in [0, 0.05) is 17.5 Å². The Kier molecular flexibility index (Phi) is 2.90. The van der Waals surface area contributed by atoms with Crippen LogP contribution in [0, 0.1) is 0 Å². The van der Waals surface area contributed by atoms with E-state index in [0.29, 0.717) is 4.83 Å². The summed E-state index contributed by atoms with van der Waals surface area (Å²) >= 11 is 6.79. The first kappa shape index (κ1) is 10.8. The minimum Gasteiger partial charge on any atom is -0.226 e. The fourth-order valence-corrected chi connectivity index (χ4v) is 3.32. The van der Waals surface area contributed by atoms with Crippen molar-refractivity contribution in [3.63, 3.8) is 0 Å². The van der Waals surface area contributed by atoms with Gasteiger partial charge in [-0.1, -0.05) is 0 Å². The number of aromatic nitrogens is 2. The summed E-state index contributed by atoms with van der Waals surface area (Å²) in [7, 11) is -3.43. The molecule has 2 heterocycles. The normalized spacial score (nSPS) is 12.1. The number of sulfone groups is 1. The van der Waals surface area contributed by atoms with E-state index < -0.39 is 9.84 Å². The van der Waals surface area contributed by atoms with Gasteiger partial charge in [-0.3, -0.25) is 0 Å². The van der Waals surface area contributed by atoms with Crippen LogP contribution in [0.2, 0.25) is 0 Å². The molecule has 0 bridgehead atoms. The van der Waals surface area contributed by atoms with Gasteiger partial charge in [-0.25, -0.2) is 18.4 Å². The number of alkyl halides is 1. The van der Waals surface area contributed by atoms with Crippen LogP contribution in [0.4, 0.5) is 0 Å². The number of hydrogen-bond acceptors (Lipinski definition) is 5. The number of rotatable bonds is 3. The van der Waals surface area contributed by atoms with Gasteiger partial charge in [0.15, 0.2) is 0 Å². The second-order valence-corrected chi connectivity index (χ2v) is 6.12. The number of fused-ring (bicyclic) bond motifs is 1. The predicted octanol–water partition coefficient (Wildman–Crippen LogP) is 1.70. The Morgan fingerprint density at radius 1 is 1.47 bits per heavy atom. The molecule has 2 rings (SSSR count). The highest BCUT2D eigenvalue weighted by molar-refractivity contribution is 7.91. The molecule has 2 aromatic rings. The molecule has 0 saturated heterocycles. The first-order valence-corrected chi connectivity index (χ1v) is 7.19. The number of thiophene rings is 1. The minimum absolute atomic E-state index is 0.0498. The highest BCUT2D eigenvalue weighted by Gasteiger charge is 2.17. The molecule has 0 unspecified atom stereocenters. The molecule has 80 valence electrons. The van der Waals surface area contributed by atoms with Gasteiger partial charge < -0.3 is 0 Å². The van der Waals surface area contributed by atoms with E-state index in [2.05, 4.69) is 9.97 Å². The second kappa shape index (κ2) is 4.03. The van der Waals surface area contributed by atoms with Crippen molar-refractivity contribution in [2.24, 2.45) is 0 Å². The summed E-state index contributed by atoms with van der Waals surface area (Å²) in [5, 5.41) is 2.56. The zero-order valence-electron chi connectivity index (χ0n) is 7.55. The Hall–Kier alpha value is -0.720. The minimum atomic E-state index is -3.43. The molecule has 0 saturated carbocycles. The Morgan fingerprint density at radius 3 is 3.00 bits per heavy atom. The van der Waals surface area contributed by atoms with Crippen LogP contribution in [-0.2, 0) is 9.84 Å². The van der Waals surface area contributed by atoms with Crippen molar-refractivity contribution < 1.29 is 8.42 Å². The van der Waals surface area contributed by atoms with Crippen molar-refractivity contribution in [2.45, 2.75) is 5.16 Å². The van der Waals surface area contributed by atoms with Crippen molar-refractivity contribution >= 4 is 43.0 Å². The van der Waals surface area contributed by atoms with E-state index in [-0.39, 0.29) is 16.8 Å². The third-order valence-corrected chi connectivity index (χ3v) is 4.54. The van der Waals surface area contributed by atoms with Crippen LogP contribution in [0.5, 0.6) is 0 Å². The van der Waals surface area contributed by atoms with Gasteiger partial charge in [-0.2, -0.15) is 0 Å². The highest BCUT2D eigenvalue weighted by atomic mass is 35.5. The third-order valence-electron chi connectivity index (χ3n) is 1.81. The molecule has 0 spiro atoms. The maximum Gasteiger partial charge on any atom is 0.248 e. The number of halogens is 1. The van der Waals surface area contributed by atoms with Crippen LogP contribution in [0.1, 0.15) is 0 Å². The van der Waals surface area contributed by atoms with Gasteiger partial charge in [0.2, 0.25) is 15.0 Å². The lowest BCUT2D eigenvalue weighted by Crippen LogP contribution is -2.11. The molecule has 15 heavy (non-hydrogen) atoms. The molecule has 0 N–H and O–H groups in total. The van der Waals surface area contributed by atoms with E-state index in [9.17, 15) is 8.42 Å². The summed E-state index contributed by atoms with van der Waals surface area (Å²) in [6, 6.07) is 1.85. The van der Waals surface area contributed by atoms with Crippen LogP contribution in [0.25, 0.3) is 10.2 Å². The molecule has 0 amide bonds. The monoisotopic (exact) mass is 262 g/mol. The van der Waals surface area contributed by atoms with Crippen molar-refractivity contribution in [1.82, 2.24) is 9.97 Å². The maximum atomic E-state index is 11.6. The molecule has 0 radical (unpaired) electrons. The summed E-state index contributed by atoms with van der Waals surface area (Å²) in [6.07, 6.45) is 1.51. The molecular weight excluding hydrogens is 256 g/mol. The Morgan fingerprint density at radius 2 is 2.27 bits per heavy atom. The summed E-state index contributed by atoms with van der Waals surface area (Å²) < 4.78 is 23.2. The topological polar surface area (TPSA) is 59.9 Å². The Balaban J connectivity index is 2.52. The Labute approximate surface area is 95.9 Å². The van der Waals surface area contributed by atoms with E-state index in [1.165, 1.54) is 17.5 Å². The molecule has 0 aliphatic heterocycles. The van der Waals surface area contributed by atoms with E-state index in [1.54, 1.807) is 0 Å². The molecule has 0 fully saturated rings. The Bertz CT molecular complexity index is 579. The molecule has 7 heteroatoms. The van der Waals surface area contributed by atoms with Crippen LogP contribution < -0.4 is 0 Å². The number of hydrogen-bond donors (Lipinski definition) is 0. The molecule has 0 atom stereocenters. The van der Waals surface area contributed by atoms with Crippen LogP contribution in [-0.4, -0.2) is 30.0 Å². The number of nitrogens with zero attached hydrogens (tertiary/aromatic N) is 2. The first-order chi connectivity index (χ1) is 7.13. The lowest BCUT2D eigenvalue weighted by atomic mass is 10.4. The average molecular weight is 263 g/mol. The second-order valence-electron chi connectivity index (χ2n) is 2.84. The molecule has 0 aromatic carbocycles. The fraction of sp³-hybridized carbons (Fsp3) is 0.250. The molecule has 0 aliphatic rings. The van der Waals surface area contributed by atoms with Gasteiger partial charge in [-0.15, -0.1) is 22.9 Å². The fourth-order valence-electron chi connectivity index (χ4n) is 1.08. The van der Waals surface area contributed by atoms with Crippen molar-refractivity contribution in [3.05, 3.63) is 17.6 Å². The quantitative estimate of drug-likeness (QED) is 0.624. The molecular formula is C8H7ClN2O2S2. The van der Waals surface area contributed by atoms with Crippen molar-refractivity contribution in [1.29, 1.82) is 0 Å². The third kappa shape index (κ3) is 2.11. The SMILES string of the molecule is O=S(=O)(CCCl)c1ncc2ccsc2n1. The van der Waals surface area contributed by atoms with E-state index in [4.69, 9.17) is 11.6 Å². The first-order valence-electron chi connectivity index (χ1n) is 4.12. The maximum absolute atomic E-state index is 11.6. The van der Waals surface area contributed by atoms with Gasteiger partial charge >= 0.3 is 0 Å². The average Bonchev–Trinajstić information content (AvgIpc) is 2.63.